The Hall–Kier alpha value is -3.31. The van der Waals surface area contributed by atoms with Crippen molar-refractivity contribution in [3.05, 3.63) is 65.9 Å². The Labute approximate surface area is 168 Å². The highest BCUT2D eigenvalue weighted by atomic mass is 19.4. The second-order valence-electron chi connectivity index (χ2n) is 6.30. The molecule has 1 aliphatic rings. The molecule has 11 heteroatoms. The maximum atomic E-state index is 13.5. The number of carbonyl (C=O) groups is 1. The van der Waals surface area contributed by atoms with Crippen molar-refractivity contribution in [2.24, 2.45) is 0 Å². The number of pyridine rings is 1. The number of ether oxygens (including phenoxy) is 3. The molecule has 0 amide bonds. The number of benzene rings is 1. The molecule has 3 aromatic rings. The van der Waals surface area contributed by atoms with Crippen molar-refractivity contribution in [1.29, 1.82) is 0 Å². The van der Waals surface area contributed by atoms with Crippen molar-refractivity contribution < 1.29 is 32.2 Å². The highest BCUT2D eigenvalue weighted by molar-refractivity contribution is 5.97. The first-order chi connectivity index (χ1) is 14.4. The van der Waals surface area contributed by atoms with Gasteiger partial charge in [-0.25, -0.2) is 14.6 Å². The van der Waals surface area contributed by atoms with Crippen LogP contribution in [0.2, 0.25) is 0 Å². The van der Waals surface area contributed by atoms with E-state index in [1.165, 1.54) is 18.7 Å². The van der Waals surface area contributed by atoms with Crippen LogP contribution in [0, 0.1) is 0 Å². The van der Waals surface area contributed by atoms with Crippen LogP contribution in [0.15, 0.2) is 49.1 Å². The molecular formula is C19H15F3N4O4. The minimum atomic E-state index is -4.84. The van der Waals surface area contributed by atoms with Crippen LogP contribution in [-0.4, -0.2) is 38.7 Å². The Morgan fingerprint density at radius 3 is 2.50 bits per heavy atom. The zero-order valence-electron chi connectivity index (χ0n) is 15.4. The Balaban J connectivity index is 1.54. The van der Waals surface area contributed by atoms with Gasteiger partial charge < -0.3 is 14.2 Å². The van der Waals surface area contributed by atoms with Gasteiger partial charge in [0.2, 0.25) is 5.88 Å². The molecule has 1 saturated heterocycles. The first-order valence-electron chi connectivity index (χ1n) is 8.85. The summed E-state index contributed by atoms with van der Waals surface area (Å²) in [5, 5.41) is 3.72. The van der Waals surface area contributed by atoms with Crippen molar-refractivity contribution >= 4 is 5.78 Å². The van der Waals surface area contributed by atoms with Crippen LogP contribution in [-0.2, 0) is 22.2 Å². The van der Waals surface area contributed by atoms with Crippen LogP contribution < -0.4 is 4.74 Å². The van der Waals surface area contributed by atoms with Gasteiger partial charge in [0, 0.05) is 11.6 Å². The van der Waals surface area contributed by atoms with E-state index in [0.717, 1.165) is 16.3 Å². The third kappa shape index (κ3) is 4.47. The predicted molar refractivity (Wildman–Crippen MR) is 94.8 cm³/mol. The van der Waals surface area contributed by atoms with Crippen molar-refractivity contribution in [2.45, 2.75) is 19.0 Å². The third-order valence-electron chi connectivity index (χ3n) is 4.21. The maximum Gasteiger partial charge on any atom is 0.434 e. The van der Waals surface area contributed by atoms with E-state index in [1.54, 1.807) is 24.3 Å². The molecular weight excluding hydrogens is 405 g/mol. The largest absolute Gasteiger partial charge is 0.439 e. The zero-order valence-corrected chi connectivity index (χ0v) is 15.4. The molecule has 0 spiro atoms. The summed E-state index contributed by atoms with van der Waals surface area (Å²) < 4.78 is 57.8. The van der Waals surface area contributed by atoms with Crippen molar-refractivity contribution in [3.63, 3.8) is 0 Å². The summed E-state index contributed by atoms with van der Waals surface area (Å²) in [6.07, 6.45) is -2.89. The molecule has 3 heterocycles. The topological polar surface area (TPSA) is 88.4 Å². The molecule has 2 aromatic heterocycles. The summed E-state index contributed by atoms with van der Waals surface area (Å²) >= 11 is 0. The minimum Gasteiger partial charge on any atom is -0.439 e. The lowest BCUT2D eigenvalue weighted by molar-refractivity contribution is -0.141. The van der Waals surface area contributed by atoms with Gasteiger partial charge in [-0.05, 0) is 18.2 Å². The Morgan fingerprint density at radius 1 is 1.13 bits per heavy atom. The highest BCUT2D eigenvalue weighted by Gasteiger charge is 2.38. The molecule has 1 fully saturated rings. The number of ketones is 1. The molecule has 1 aliphatic heterocycles. The molecule has 4 rings (SSSR count). The van der Waals surface area contributed by atoms with E-state index in [1.807, 2.05) is 0 Å². The van der Waals surface area contributed by atoms with Gasteiger partial charge in [-0.1, -0.05) is 12.1 Å². The average Bonchev–Trinajstić information content (AvgIpc) is 3.42. The highest BCUT2D eigenvalue weighted by Crippen LogP contribution is 2.33. The monoisotopic (exact) mass is 420 g/mol. The van der Waals surface area contributed by atoms with Gasteiger partial charge in [0.25, 0.3) is 0 Å². The molecule has 30 heavy (non-hydrogen) atoms. The number of aromatic nitrogens is 4. The fraction of sp³-hybridized carbons (Fsp3) is 0.263. The third-order valence-corrected chi connectivity index (χ3v) is 4.21. The molecule has 0 N–H and O–H groups in total. The summed E-state index contributed by atoms with van der Waals surface area (Å²) in [5.74, 6) is -0.812. The van der Waals surface area contributed by atoms with E-state index < -0.39 is 36.1 Å². The van der Waals surface area contributed by atoms with Gasteiger partial charge in [0.1, 0.15) is 24.9 Å². The summed E-state index contributed by atoms with van der Waals surface area (Å²) in [7, 11) is 0. The number of nitrogens with zero attached hydrogens (tertiary/aromatic N) is 4. The van der Waals surface area contributed by atoms with Crippen LogP contribution >= 0.6 is 0 Å². The fourth-order valence-electron chi connectivity index (χ4n) is 2.85. The molecule has 1 aromatic carbocycles. The number of Topliss-reactive ketones (excluding diaryl/α,β-unsaturated/α-hetero) is 1. The Morgan fingerprint density at radius 2 is 1.87 bits per heavy atom. The van der Waals surface area contributed by atoms with E-state index >= 15 is 0 Å². The van der Waals surface area contributed by atoms with E-state index in [2.05, 4.69) is 15.1 Å². The van der Waals surface area contributed by atoms with E-state index in [0.29, 0.717) is 13.2 Å². The molecule has 0 radical (unpaired) electrons. The van der Waals surface area contributed by atoms with Crippen LogP contribution in [0.25, 0.3) is 0 Å². The van der Waals surface area contributed by atoms with Gasteiger partial charge in [0.15, 0.2) is 17.8 Å². The van der Waals surface area contributed by atoms with Gasteiger partial charge in [-0.3, -0.25) is 4.79 Å². The van der Waals surface area contributed by atoms with Crippen molar-refractivity contribution in [1.82, 2.24) is 19.7 Å². The smallest absolute Gasteiger partial charge is 0.434 e. The van der Waals surface area contributed by atoms with E-state index in [-0.39, 0.29) is 11.6 Å². The lowest BCUT2D eigenvalue weighted by Gasteiger charge is -2.14. The number of alkyl halides is 3. The minimum absolute atomic E-state index is 0.277. The molecule has 0 aliphatic carbocycles. The van der Waals surface area contributed by atoms with Crippen molar-refractivity contribution in [2.75, 3.05) is 13.2 Å². The predicted octanol–water partition coefficient (Wildman–Crippen LogP) is 3.41. The van der Waals surface area contributed by atoms with Gasteiger partial charge >= 0.3 is 6.18 Å². The first kappa shape index (κ1) is 20.0. The average molecular weight is 420 g/mol. The number of halogens is 3. The van der Waals surface area contributed by atoms with Gasteiger partial charge in [0.05, 0.1) is 18.8 Å². The summed E-state index contributed by atoms with van der Waals surface area (Å²) in [6, 6.07) is 8.76. The zero-order chi connectivity index (χ0) is 21.1. The molecule has 0 atom stereocenters. The number of carbonyl (C=O) groups excluding carboxylic acids is 1. The van der Waals surface area contributed by atoms with Crippen LogP contribution in [0.5, 0.6) is 11.6 Å². The maximum absolute atomic E-state index is 13.5. The van der Waals surface area contributed by atoms with Crippen LogP contribution in [0.4, 0.5) is 13.2 Å². The van der Waals surface area contributed by atoms with Gasteiger partial charge in [-0.15, -0.1) is 0 Å². The fourth-order valence-corrected chi connectivity index (χ4v) is 2.85. The standard InChI is InChI=1S/C19H15F3N4O4/c20-19(21,22)17-14(15(27)9-26-11-23-10-24-26)5-6-16(25-17)30-13-3-1-12(2-4-13)18-28-7-8-29-18/h1-6,10-11,18H,7-9H2. The quantitative estimate of drug-likeness (QED) is 0.565. The lowest BCUT2D eigenvalue weighted by Crippen LogP contribution is -2.19. The summed E-state index contributed by atoms with van der Waals surface area (Å²) in [5.41, 5.74) is -1.14. The molecule has 0 bridgehead atoms. The van der Waals surface area contributed by atoms with Crippen LogP contribution in [0.3, 0.4) is 0 Å². The molecule has 0 unspecified atom stereocenters. The number of rotatable bonds is 6. The van der Waals surface area contributed by atoms with Crippen LogP contribution in [0.1, 0.15) is 27.9 Å². The lowest BCUT2D eigenvalue weighted by atomic mass is 10.1. The van der Waals surface area contributed by atoms with Crippen molar-refractivity contribution in [3.8, 4) is 11.6 Å². The normalized spacial score (nSPS) is 14.8. The molecule has 0 saturated carbocycles. The summed E-state index contributed by atoms with van der Waals surface area (Å²) in [4.78, 5) is 19.5. The second-order valence-corrected chi connectivity index (χ2v) is 6.30. The number of hydrogen-bond acceptors (Lipinski definition) is 7. The number of hydrogen-bond donors (Lipinski definition) is 0. The first-order valence-corrected chi connectivity index (χ1v) is 8.85. The Kier molecular flexibility index (Phi) is 5.46. The van der Waals surface area contributed by atoms with E-state index in [9.17, 15) is 18.0 Å². The van der Waals surface area contributed by atoms with E-state index in [4.69, 9.17) is 14.2 Å². The molecule has 8 nitrogen and oxygen atoms in total. The SMILES string of the molecule is O=C(Cn1cncn1)c1ccc(Oc2ccc(C3OCCO3)cc2)nc1C(F)(F)F. The van der Waals surface area contributed by atoms with Gasteiger partial charge in [-0.2, -0.15) is 18.3 Å². The summed E-state index contributed by atoms with van der Waals surface area (Å²) in [6.45, 7) is 0.599. The Bertz CT molecular complexity index is 1020. The second kappa shape index (κ2) is 8.20. The molecule has 156 valence electrons.